The van der Waals surface area contributed by atoms with Crippen molar-refractivity contribution in [3.63, 3.8) is 0 Å². The minimum Gasteiger partial charge on any atom is -0.347 e. The number of rotatable bonds is 4. The van der Waals surface area contributed by atoms with E-state index in [1.54, 1.807) is 0 Å². The van der Waals surface area contributed by atoms with E-state index in [2.05, 4.69) is 148 Å². The molecule has 4 aromatic rings. The van der Waals surface area contributed by atoms with Crippen molar-refractivity contribution >= 4 is 56.5 Å². The van der Waals surface area contributed by atoms with Gasteiger partial charge >= 0.3 is 6.03 Å². The molecule has 262 valence electrons. The molecule has 0 bridgehead atoms. The monoisotopic (exact) mass is 689 g/mol. The first-order valence-corrected chi connectivity index (χ1v) is 18.1. The highest BCUT2D eigenvalue weighted by atomic mass is 16.2. The zero-order valence-electron chi connectivity index (χ0n) is 31.2. The predicted molar refractivity (Wildman–Crippen MR) is 209 cm³/mol. The summed E-state index contributed by atoms with van der Waals surface area (Å²) in [4.78, 5) is 45.0. The van der Waals surface area contributed by atoms with Crippen molar-refractivity contribution in [2.75, 3.05) is 33.1 Å². The fourth-order valence-corrected chi connectivity index (χ4v) is 9.36. The number of nitrogens with zero attached hydrogens (tertiary/aromatic N) is 4. The Morgan fingerprint density at radius 1 is 0.673 bits per heavy atom. The Hall–Kier alpha value is -5.56. The molecular weight excluding hydrogens is 645 g/mol. The molecule has 7 nitrogen and oxygen atoms in total. The van der Waals surface area contributed by atoms with E-state index in [9.17, 15) is 14.4 Å². The third-order valence-corrected chi connectivity index (χ3v) is 12.0. The molecule has 0 spiro atoms. The van der Waals surface area contributed by atoms with Crippen molar-refractivity contribution < 1.29 is 19.0 Å². The Balaban J connectivity index is 1.24. The lowest BCUT2D eigenvalue weighted by Crippen LogP contribution is -2.57. The van der Waals surface area contributed by atoms with Gasteiger partial charge in [-0.3, -0.25) is 19.4 Å². The molecule has 1 fully saturated rings. The number of carbonyl (C=O) groups is 3. The van der Waals surface area contributed by atoms with E-state index in [-0.39, 0.29) is 10.8 Å². The second kappa shape index (κ2) is 11.7. The van der Waals surface area contributed by atoms with Crippen molar-refractivity contribution in [2.45, 2.75) is 51.4 Å². The van der Waals surface area contributed by atoms with Crippen molar-refractivity contribution in [3.05, 3.63) is 131 Å². The standard InChI is InChI=1S/C45H45N4O3/c1-44(2)35(46(5)33-23-19-27-13-9-11-15-31(27)39(33)44)25-21-29-17-18-30(37(29)38-41(50)48(7)43(52)49(8)42(38)51)22-26-36-45(3,4)40-32-16-12-10-14-28(32)20-24-34(40)47(36)6/h9-16,19-26,38H,17-18H2,1-8H3/q+1. The van der Waals surface area contributed by atoms with Crippen LogP contribution in [0.4, 0.5) is 16.2 Å². The number of likely N-dealkylation sites (N-methyl/N-ethyl adjacent to an activating group) is 1. The Morgan fingerprint density at radius 3 is 1.92 bits per heavy atom. The van der Waals surface area contributed by atoms with E-state index in [0.717, 1.165) is 32.4 Å². The van der Waals surface area contributed by atoms with Crippen LogP contribution < -0.4 is 4.90 Å². The largest absolute Gasteiger partial charge is 0.347 e. The van der Waals surface area contributed by atoms with Crippen LogP contribution in [-0.2, 0) is 20.4 Å². The lowest BCUT2D eigenvalue weighted by Gasteiger charge is -2.34. The van der Waals surface area contributed by atoms with Crippen LogP contribution in [0.25, 0.3) is 21.5 Å². The van der Waals surface area contributed by atoms with Crippen LogP contribution in [0.15, 0.2) is 120 Å². The molecule has 0 aromatic heterocycles. The van der Waals surface area contributed by atoms with Crippen molar-refractivity contribution in [1.29, 1.82) is 0 Å². The van der Waals surface area contributed by atoms with Crippen LogP contribution in [0, 0.1) is 5.92 Å². The van der Waals surface area contributed by atoms with E-state index in [1.165, 1.54) is 58.1 Å². The maximum atomic E-state index is 13.9. The molecule has 0 unspecified atom stereocenters. The molecule has 4 amide bonds. The normalized spacial score (nSPS) is 21.8. The van der Waals surface area contributed by atoms with Gasteiger partial charge in [-0.1, -0.05) is 80.6 Å². The Labute approximate surface area is 305 Å². The molecule has 7 heteroatoms. The average molecular weight is 690 g/mol. The van der Waals surface area contributed by atoms with E-state index in [1.807, 2.05) is 0 Å². The second-order valence-electron chi connectivity index (χ2n) is 15.6. The summed E-state index contributed by atoms with van der Waals surface area (Å²) in [5, 5.41) is 4.90. The van der Waals surface area contributed by atoms with Gasteiger partial charge in [-0.05, 0) is 88.7 Å². The van der Waals surface area contributed by atoms with Gasteiger partial charge < -0.3 is 4.90 Å². The molecule has 1 aliphatic carbocycles. The Bertz CT molecular complexity index is 2420. The maximum absolute atomic E-state index is 13.9. The molecule has 4 aliphatic rings. The minimum atomic E-state index is -1.10. The average Bonchev–Trinajstić information content (AvgIpc) is 3.68. The number of barbiturate groups is 1. The number of hydrogen-bond donors (Lipinski definition) is 0. The third kappa shape index (κ3) is 4.71. The number of anilines is 1. The molecule has 8 rings (SSSR count). The van der Waals surface area contributed by atoms with Crippen molar-refractivity contribution in [1.82, 2.24) is 9.80 Å². The number of benzene rings is 4. The summed E-state index contributed by atoms with van der Waals surface area (Å²) >= 11 is 0. The van der Waals surface area contributed by atoms with Crippen LogP contribution in [0.2, 0.25) is 0 Å². The number of hydrogen-bond acceptors (Lipinski definition) is 4. The highest BCUT2D eigenvalue weighted by Gasteiger charge is 2.48. The van der Waals surface area contributed by atoms with E-state index in [4.69, 9.17) is 0 Å². The minimum absolute atomic E-state index is 0.287. The molecule has 3 aliphatic heterocycles. The highest BCUT2D eigenvalue weighted by molar-refractivity contribution is 6.18. The van der Waals surface area contributed by atoms with Crippen molar-refractivity contribution in [3.8, 4) is 0 Å². The molecular formula is C45H45N4O3+. The van der Waals surface area contributed by atoms with Gasteiger partial charge in [0, 0.05) is 55.6 Å². The van der Waals surface area contributed by atoms with Gasteiger partial charge in [-0.25, -0.2) is 4.79 Å². The summed E-state index contributed by atoms with van der Waals surface area (Å²) in [6.07, 6.45) is 9.90. The molecule has 0 atom stereocenters. The molecule has 0 N–H and O–H groups in total. The zero-order chi connectivity index (χ0) is 36.9. The zero-order valence-corrected chi connectivity index (χ0v) is 31.2. The molecule has 4 aromatic carbocycles. The summed E-state index contributed by atoms with van der Waals surface area (Å²) in [6.45, 7) is 9.03. The fourth-order valence-electron chi connectivity index (χ4n) is 9.36. The van der Waals surface area contributed by atoms with Crippen LogP contribution >= 0.6 is 0 Å². The number of urea groups is 1. The maximum Gasteiger partial charge on any atom is 0.332 e. The van der Waals surface area contributed by atoms with E-state index < -0.39 is 23.8 Å². The first-order valence-electron chi connectivity index (χ1n) is 18.1. The van der Waals surface area contributed by atoms with Crippen LogP contribution in [0.1, 0.15) is 51.7 Å². The summed E-state index contributed by atoms with van der Waals surface area (Å²) in [7, 11) is 7.13. The first kappa shape index (κ1) is 33.6. The summed E-state index contributed by atoms with van der Waals surface area (Å²) < 4.78 is 2.26. The second-order valence-corrected chi connectivity index (χ2v) is 15.6. The van der Waals surface area contributed by atoms with Gasteiger partial charge in [0.05, 0.1) is 5.41 Å². The summed E-state index contributed by atoms with van der Waals surface area (Å²) in [5.41, 5.74) is 9.21. The van der Waals surface area contributed by atoms with Crippen molar-refractivity contribution in [2.24, 2.45) is 5.92 Å². The summed E-state index contributed by atoms with van der Waals surface area (Å²) in [5.74, 6) is -2.08. The Morgan fingerprint density at radius 2 is 1.27 bits per heavy atom. The molecule has 52 heavy (non-hydrogen) atoms. The molecule has 0 saturated carbocycles. The lowest BCUT2D eigenvalue weighted by atomic mass is 9.79. The first-order chi connectivity index (χ1) is 24.7. The summed E-state index contributed by atoms with van der Waals surface area (Å²) in [6, 6.07) is 25.2. The van der Waals surface area contributed by atoms with Crippen LogP contribution in [-0.4, -0.2) is 66.1 Å². The molecule has 0 radical (unpaired) electrons. The quantitative estimate of drug-likeness (QED) is 0.159. The topological polar surface area (TPSA) is 63.9 Å². The Kier molecular flexibility index (Phi) is 7.58. The molecule has 1 saturated heterocycles. The van der Waals surface area contributed by atoms with E-state index >= 15 is 0 Å². The number of amides is 4. The number of imide groups is 2. The number of fused-ring (bicyclic) bond motifs is 6. The molecule has 3 heterocycles. The van der Waals surface area contributed by atoms with Gasteiger partial charge in [0.1, 0.15) is 13.0 Å². The van der Waals surface area contributed by atoms with Crippen LogP contribution in [0.5, 0.6) is 0 Å². The predicted octanol–water partition coefficient (Wildman–Crippen LogP) is 8.55. The van der Waals surface area contributed by atoms with Gasteiger partial charge in [-0.2, -0.15) is 4.58 Å². The smallest absolute Gasteiger partial charge is 0.332 e. The van der Waals surface area contributed by atoms with Gasteiger partial charge in [0.2, 0.25) is 17.5 Å². The van der Waals surface area contributed by atoms with E-state index in [0.29, 0.717) is 18.4 Å². The highest BCUT2D eigenvalue weighted by Crippen LogP contribution is 2.50. The van der Waals surface area contributed by atoms with Gasteiger partial charge in [0.25, 0.3) is 0 Å². The SMILES string of the molecule is CN1C(=O)C(C2=C(/C=C/C3=[N+](C)c4ccc5ccccc5c4C3(C)C)CC/C2=C\C=C2/N(C)c3ccc4ccccc4c3C2(C)C)C(=O)N(C)C1=O. The fraction of sp³-hybridized carbons (Fsp3) is 0.289. The van der Waals surface area contributed by atoms with Crippen LogP contribution in [0.3, 0.4) is 0 Å². The number of allylic oxidation sites excluding steroid dienone is 7. The van der Waals surface area contributed by atoms with Gasteiger partial charge in [-0.15, -0.1) is 0 Å². The lowest BCUT2D eigenvalue weighted by molar-refractivity contribution is -0.401. The number of carbonyl (C=O) groups excluding carboxylic acids is 3. The third-order valence-electron chi connectivity index (χ3n) is 12.0. The van der Waals surface area contributed by atoms with Gasteiger partial charge in [0.15, 0.2) is 5.71 Å².